The molecule has 0 fully saturated rings. The van der Waals surface area contributed by atoms with Crippen molar-refractivity contribution in [2.24, 2.45) is 0 Å². The first kappa shape index (κ1) is 20.6. The third-order valence-electron chi connectivity index (χ3n) is 4.13. The van der Waals surface area contributed by atoms with Gasteiger partial charge in [0, 0.05) is 35.5 Å². The number of hydrogen-bond donors (Lipinski definition) is 1. The Labute approximate surface area is 176 Å². The predicted octanol–water partition coefficient (Wildman–Crippen LogP) is 5.51. The summed E-state index contributed by atoms with van der Waals surface area (Å²) in [6.07, 6.45) is 3.57. The van der Waals surface area contributed by atoms with Gasteiger partial charge >= 0.3 is 0 Å². The second-order valence-corrected chi connectivity index (χ2v) is 7.31. The summed E-state index contributed by atoms with van der Waals surface area (Å²) in [4.78, 5) is 4.10. The number of pyridine rings is 1. The molecule has 2 aromatic carbocycles. The molecule has 0 spiro atoms. The Morgan fingerprint density at radius 3 is 2.71 bits per heavy atom. The molecule has 7 heteroatoms. The predicted molar refractivity (Wildman–Crippen MR) is 111 cm³/mol. The van der Waals surface area contributed by atoms with Crippen LogP contribution in [0.4, 0.5) is 4.39 Å². The lowest BCUT2D eigenvalue weighted by Crippen LogP contribution is -2.13. The molecule has 0 unspecified atom stereocenters. The van der Waals surface area contributed by atoms with Crippen molar-refractivity contribution in [3.63, 3.8) is 0 Å². The Kier molecular flexibility index (Phi) is 7.25. The highest BCUT2D eigenvalue weighted by Crippen LogP contribution is 2.34. The summed E-state index contributed by atoms with van der Waals surface area (Å²) in [6.45, 7) is 1.34. The summed E-state index contributed by atoms with van der Waals surface area (Å²) in [5.74, 6) is 0.667. The van der Waals surface area contributed by atoms with E-state index in [9.17, 15) is 4.39 Å². The van der Waals surface area contributed by atoms with Crippen molar-refractivity contribution >= 4 is 27.5 Å². The molecule has 3 rings (SSSR count). The quantitative estimate of drug-likeness (QED) is 0.476. The van der Waals surface area contributed by atoms with Gasteiger partial charge < -0.3 is 14.8 Å². The van der Waals surface area contributed by atoms with E-state index < -0.39 is 5.82 Å². The number of aromatic nitrogens is 1. The molecule has 0 amide bonds. The fourth-order valence-electron chi connectivity index (χ4n) is 2.65. The van der Waals surface area contributed by atoms with Gasteiger partial charge in [0.1, 0.15) is 12.4 Å². The van der Waals surface area contributed by atoms with Gasteiger partial charge in [-0.2, -0.15) is 0 Å². The number of nitrogens with zero attached hydrogens (tertiary/aromatic N) is 1. The van der Waals surface area contributed by atoms with Crippen molar-refractivity contribution in [1.29, 1.82) is 0 Å². The maximum atomic E-state index is 13.9. The number of ether oxygens (including phenoxy) is 2. The molecule has 0 aliphatic heterocycles. The molecule has 0 radical (unpaired) electrons. The van der Waals surface area contributed by atoms with Crippen LogP contribution in [0.15, 0.2) is 59.3 Å². The van der Waals surface area contributed by atoms with Gasteiger partial charge in [-0.3, -0.25) is 4.98 Å². The first-order chi connectivity index (χ1) is 13.6. The van der Waals surface area contributed by atoms with Crippen LogP contribution in [0.25, 0.3) is 0 Å². The lowest BCUT2D eigenvalue weighted by molar-refractivity contribution is 0.279. The number of nitrogens with one attached hydrogen (secondary N) is 1. The molecule has 0 aliphatic rings. The highest BCUT2D eigenvalue weighted by Gasteiger charge is 2.13. The molecule has 1 heterocycles. The van der Waals surface area contributed by atoms with Crippen LogP contribution in [0.5, 0.6) is 11.5 Å². The van der Waals surface area contributed by atoms with Crippen molar-refractivity contribution < 1.29 is 13.9 Å². The van der Waals surface area contributed by atoms with Crippen molar-refractivity contribution in [3.05, 3.63) is 86.9 Å². The Bertz CT molecular complexity index is 921. The first-order valence-electron chi connectivity index (χ1n) is 8.60. The van der Waals surface area contributed by atoms with E-state index >= 15 is 0 Å². The van der Waals surface area contributed by atoms with E-state index in [2.05, 4.69) is 26.2 Å². The largest absolute Gasteiger partial charge is 0.493 e. The lowest BCUT2D eigenvalue weighted by Gasteiger charge is -2.15. The van der Waals surface area contributed by atoms with Crippen LogP contribution in [-0.2, 0) is 19.7 Å². The van der Waals surface area contributed by atoms with E-state index in [-0.39, 0.29) is 6.61 Å². The SMILES string of the molecule is COc1cc(CNCc2cccnc2)c(Br)cc1OCc1c(F)cccc1Cl. The fraction of sp³-hybridized carbons (Fsp3) is 0.190. The van der Waals surface area contributed by atoms with Gasteiger partial charge in [-0.1, -0.05) is 39.7 Å². The zero-order valence-electron chi connectivity index (χ0n) is 15.2. The minimum Gasteiger partial charge on any atom is -0.493 e. The Morgan fingerprint density at radius 2 is 2.00 bits per heavy atom. The molecule has 1 N–H and O–H groups in total. The topological polar surface area (TPSA) is 43.4 Å². The van der Waals surface area contributed by atoms with E-state index in [4.69, 9.17) is 21.1 Å². The molecule has 28 heavy (non-hydrogen) atoms. The van der Waals surface area contributed by atoms with Crippen LogP contribution in [0.2, 0.25) is 5.02 Å². The number of methoxy groups -OCH3 is 1. The van der Waals surface area contributed by atoms with Gasteiger partial charge in [0.05, 0.1) is 12.1 Å². The average Bonchev–Trinajstić information content (AvgIpc) is 2.70. The zero-order valence-corrected chi connectivity index (χ0v) is 17.6. The number of hydrogen-bond acceptors (Lipinski definition) is 4. The zero-order chi connectivity index (χ0) is 19.9. The molecule has 0 aliphatic carbocycles. The monoisotopic (exact) mass is 464 g/mol. The molecule has 0 bridgehead atoms. The normalized spacial score (nSPS) is 10.7. The van der Waals surface area contributed by atoms with Crippen LogP contribution in [-0.4, -0.2) is 12.1 Å². The van der Waals surface area contributed by atoms with Crippen molar-refractivity contribution in [2.45, 2.75) is 19.7 Å². The Hall–Kier alpha value is -2.15. The highest BCUT2D eigenvalue weighted by atomic mass is 79.9. The molecule has 4 nitrogen and oxygen atoms in total. The lowest BCUT2D eigenvalue weighted by atomic mass is 10.2. The van der Waals surface area contributed by atoms with Gasteiger partial charge in [0.2, 0.25) is 0 Å². The van der Waals surface area contributed by atoms with Gasteiger partial charge in [-0.25, -0.2) is 4.39 Å². The Balaban J connectivity index is 1.68. The van der Waals surface area contributed by atoms with Gasteiger partial charge in [-0.05, 0) is 41.5 Å². The second-order valence-electron chi connectivity index (χ2n) is 6.05. The number of benzene rings is 2. The van der Waals surface area contributed by atoms with Crippen molar-refractivity contribution in [3.8, 4) is 11.5 Å². The maximum absolute atomic E-state index is 13.9. The summed E-state index contributed by atoms with van der Waals surface area (Å²) >= 11 is 9.62. The van der Waals surface area contributed by atoms with Crippen molar-refractivity contribution in [1.82, 2.24) is 10.3 Å². The van der Waals surface area contributed by atoms with E-state index in [1.54, 1.807) is 25.4 Å². The average molecular weight is 466 g/mol. The molecular formula is C21H19BrClFN2O2. The standard InChI is InChI=1S/C21H19BrClFN2O2/c1-27-20-8-15(12-26-11-14-4-3-7-25-10-14)17(22)9-21(20)28-13-16-18(23)5-2-6-19(16)24/h2-10,26H,11-13H2,1H3. The molecule has 1 aromatic heterocycles. The minimum atomic E-state index is -0.401. The summed E-state index contributed by atoms with van der Waals surface area (Å²) in [7, 11) is 1.57. The fourth-order valence-corrected chi connectivity index (χ4v) is 3.33. The molecule has 0 saturated heterocycles. The van der Waals surface area contributed by atoms with Gasteiger partial charge in [0.25, 0.3) is 0 Å². The van der Waals surface area contributed by atoms with Crippen LogP contribution in [0.1, 0.15) is 16.7 Å². The molecule has 3 aromatic rings. The maximum Gasteiger partial charge on any atom is 0.162 e. The van der Waals surface area contributed by atoms with Crippen LogP contribution < -0.4 is 14.8 Å². The van der Waals surface area contributed by atoms with Gasteiger partial charge in [-0.15, -0.1) is 0 Å². The van der Waals surface area contributed by atoms with Crippen molar-refractivity contribution in [2.75, 3.05) is 7.11 Å². The molecule has 0 saturated carbocycles. The first-order valence-corrected chi connectivity index (χ1v) is 9.77. The van der Waals surface area contributed by atoms with E-state index in [0.29, 0.717) is 35.2 Å². The number of rotatable bonds is 8. The van der Waals surface area contributed by atoms with E-state index in [1.807, 2.05) is 30.5 Å². The molecule has 0 atom stereocenters. The summed E-state index contributed by atoms with van der Waals surface area (Å²) in [5.41, 5.74) is 2.42. The third-order valence-corrected chi connectivity index (χ3v) is 5.23. The number of halogens is 3. The van der Waals surface area contributed by atoms with E-state index in [0.717, 1.165) is 15.6 Å². The Morgan fingerprint density at radius 1 is 1.14 bits per heavy atom. The smallest absolute Gasteiger partial charge is 0.162 e. The third kappa shape index (κ3) is 5.22. The second kappa shape index (κ2) is 9.87. The summed E-state index contributed by atoms with van der Waals surface area (Å²) < 4.78 is 26.0. The highest BCUT2D eigenvalue weighted by molar-refractivity contribution is 9.10. The van der Waals surface area contributed by atoms with E-state index in [1.165, 1.54) is 6.07 Å². The van der Waals surface area contributed by atoms with Crippen LogP contribution >= 0.6 is 27.5 Å². The van der Waals surface area contributed by atoms with Crippen LogP contribution in [0.3, 0.4) is 0 Å². The summed E-state index contributed by atoms with van der Waals surface area (Å²) in [6, 6.07) is 12.2. The van der Waals surface area contributed by atoms with Gasteiger partial charge in [0.15, 0.2) is 11.5 Å². The minimum absolute atomic E-state index is 0.00686. The molecular weight excluding hydrogens is 447 g/mol. The molecule has 146 valence electrons. The summed E-state index contributed by atoms with van der Waals surface area (Å²) in [5, 5.41) is 3.70. The van der Waals surface area contributed by atoms with Crippen LogP contribution in [0, 0.1) is 5.82 Å².